The molecular weight excluding hydrogens is 973 g/mol. The lowest BCUT2D eigenvalue weighted by Crippen LogP contribution is -2.30. The van der Waals surface area contributed by atoms with E-state index in [1.54, 1.807) is 0 Å². The molecule has 1 unspecified atom stereocenters. The maximum absolute atomic E-state index is 12.9. The van der Waals surface area contributed by atoms with Crippen molar-refractivity contribution in [3.05, 3.63) is 158 Å². The second-order valence-electron chi connectivity index (χ2n) is 20.5. The molecule has 0 saturated heterocycles. The smallest absolute Gasteiger partial charge is 0.306 e. The predicted octanol–water partition coefficient (Wildman–Crippen LogP) is 22.1. The normalized spacial score (nSPS) is 13.2. The summed E-state index contributed by atoms with van der Waals surface area (Å²) in [6.07, 6.45) is 95.3. The summed E-state index contributed by atoms with van der Waals surface area (Å²) in [5.74, 6) is -0.957. The molecule has 0 rings (SSSR count). The molecule has 444 valence electrons. The van der Waals surface area contributed by atoms with E-state index in [9.17, 15) is 14.4 Å². The van der Waals surface area contributed by atoms with Crippen LogP contribution in [0.15, 0.2) is 158 Å². The van der Waals surface area contributed by atoms with Crippen LogP contribution < -0.4 is 0 Å². The average molecular weight is 1090 g/mol. The number of esters is 3. The van der Waals surface area contributed by atoms with Crippen molar-refractivity contribution >= 4 is 17.9 Å². The highest BCUT2D eigenvalue weighted by Gasteiger charge is 2.19. The second kappa shape index (κ2) is 65.5. The van der Waals surface area contributed by atoms with Gasteiger partial charge in [0.25, 0.3) is 0 Å². The van der Waals surface area contributed by atoms with Gasteiger partial charge in [-0.2, -0.15) is 0 Å². The van der Waals surface area contributed by atoms with Crippen LogP contribution in [0.2, 0.25) is 0 Å². The third-order valence-electron chi connectivity index (χ3n) is 13.0. The van der Waals surface area contributed by atoms with E-state index >= 15 is 0 Å². The van der Waals surface area contributed by atoms with E-state index in [1.807, 2.05) is 0 Å². The minimum atomic E-state index is -0.812. The molecule has 0 bridgehead atoms. The molecule has 79 heavy (non-hydrogen) atoms. The number of hydrogen-bond donors (Lipinski definition) is 0. The summed E-state index contributed by atoms with van der Waals surface area (Å²) in [6, 6.07) is 0. The van der Waals surface area contributed by atoms with Gasteiger partial charge in [-0.15, -0.1) is 0 Å². The molecule has 0 fully saturated rings. The fourth-order valence-electron chi connectivity index (χ4n) is 8.33. The fraction of sp³-hybridized carbons (Fsp3) is 0.603. The molecule has 1 atom stereocenters. The molecule has 0 aliphatic heterocycles. The van der Waals surface area contributed by atoms with Crippen LogP contribution in [-0.4, -0.2) is 37.2 Å². The Labute approximate surface area is 486 Å². The fourth-order valence-corrected chi connectivity index (χ4v) is 8.33. The molecule has 0 aliphatic carbocycles. The minimum Gasteiger partial charge on any atom is -0.462 e. The van der Waals surface area contributed by atoms with Crippen LogP contribution >= 0.6 is 0 Å². The van der Waals surface area contributed by atoms with Gasteiger partial charge in [-0.1, -0.05) is 262 Å². The lowest BCUT2D eigenvalue weighted by Gasteiger charge is -2.18. The molecule has 0 heterocycles. The van der Waals surface area contributed by atoms with Crippen LogP contribution in [0.1, 0.15) is 265 Å². The molecular formula is C73H116O6. The summed E-state index contributed by atoms with van der Waals surface area (Å²) in [5, 5.41) is 0. The molecule has 0 aromatic rings. The van der Waals surface area contributed by atoms with E-state index in [-0.39, 0.29) is 37.5 Å². The first-order chi connectivity index (χ1) is 39.0. The molecule has 0 spiro atoms. The van der Waals surface area contributed by atoms with Gasteiger partial charge >= 0.3 is 17.9 Å². The average Bonchev–Trinajstić information content (AvgIpc) is 3.45. The zero-order valence-corrected chi connectivity index (χ0v) is 50.8. The standard InChI is InChI=1S/C73H116O6/c1-4-7-10-13-16-19-22-25-28-31-32-33-34-35-36-37-38-39-40-43-45-48-51-54-57-60-63-66-72(75)78-69-70(79-73(76)67-64-61-58-55-52-49-46-42-30-27-24-21-18-15-12-9-6-3)68-77-71(74)65-62-59-56-53-50-47-44-41-29-26-23-20-17-14-11-8-5-2/h7-12,16-21,25-30,32-33,35-36,44,46-47,49,70H,4-6,13-15,22-24,31,34,37-43,45,48,50-69H2,1-3H3/b10-7-,11-8-,12-9-,19-16-,20-17-,21-18-,28-25-,29-26-,30-27-,33-32-,36-35-,47-44-,49-46-. The van der Waals surface area contributed by atoms with Gasteiger partial charge in [0.2, 0.25) is 0 Å². The van der Waals surface area contributed by atoms with Crippen molar-refractivity contribution in [3.8, 4) is 0 Å². The van der Waals surface area contributed by atoms with Gasteiger partial charge in [-0.05, 0) is 141 Å². The van der Waals surface area contributed by atoms with Gasteiger partial charge in [0.15, 0.2) is 6.10 Å². The summed E-state index contributed by atoms with van der Waals surface area (Å²) in [6.45, 7) is 6.26. The van der Waals surface area contributed by atoms with Crippen molar-refractivity contribution < 1.29 is 28.6 Å². The molecule has 0 aliphatic rings. The van der Waals surface area contributed by atoms with Crippen LogP contribution in [0.25, 0.3) is 0 Å². The van der Waals surface area contributed by atoms with Crippen molar-refractivity contribution in [2.24, 2.45) is 0 Å². The summed E-state index contributed by atoms with van der Waals surface area (Å²) < 4.78 is 16.9. The van der Waals surface area contributed by atoms with Gasteiger partial charge in [-0.3, -0.25) is 14.4 Å². The number of rotatable bonds is 56. The maximum Gasteiger partial charge on any atom is 0.306 e. The van der Waals surface area contributed by atoms with Crippen molar-refractivity contribution in [1.82, 2.24) is 0 Å². The highest BCUT2D eigenvalue weighted by Crippen LogP contribution is 2.15. The van der Waals surface area contributed by atoms with Crippen LogP contribution in [0.4, 0.5) is 0 Å². The summed E-state index contributed by atoms with van der Waals surface area (Å²) >= 11 is 0. The molecule has 6 heteroatoms. The molecule has 0 radical (unpaired) electrons. The number of hydrogen-bond acceptors (Lipinski definition) is 6. The molecule has 6 nitrogen and oxygen atoms in total. The zero-order valence-electron chi connectivity index (χ0n) is 50.8. The molecule has 0 amide bonds. The van der Waals surface area contributed by atoms with Gasteiger partial charge in [0, 0.05) is 19.3 Å². The van der Waals surface area contributed by atoms with E-state index in [4.69, 9.17) is 14.2 Å². The Morgan fingerprint density at radius 2 is 0.456 bits per heavy atom. The van der Waals surface area contributed by atoms with E-state index in [0.29, 0.717) is 12.8 Å². The number of allylic oxidation sites excluding steroid dienone is 26. The Kier molecular flexibility index (Phi) is 61.4. The third kappa shape index (κ3) is 63.7. The number of unbranched alkanes of at least 4 members (excludes halogenated alkanes) is 19. The first kappa shape index (κ1) is 74.0. The molecule has 0 N–H and O–H groups in total. The molecule has 0 aromatic heterocycles. The number of carbonyl (C=O) groups excluding carboxylic acids is 3. The Hall–Kier alpha value is -4.97. The lowest BCUT2D eigenvalue weighted by molar-refractivity contribution is -0.167. The predicted molar refractivity (Wildman–Crippen MR) is 343 cm³/mol. The van der Waals surface area contributed by atoms with Crippen LogP contribution in [-0.2, 0) is 28.6 Å². The Morgan fingerprint density at radius 1 is 0.253 bits per heavy atom. The number of ether oxygens (including phenoxy) is 3. The van der Waals surface area contributed by atoms with E-state index in [0.717, 1.165) is 167 Å². The quantitative estimate of drug-likeness (QED) is 0.0261. The van der Waals surface area contributed by atoms with E-state index in [1.165, 1.54) is 57.8 Å². The van der Waals surface area contributed by atoms with Gasteiger partial charge in [0.05, 0.1) is 0 Å². The Morgan fingerprint density at radius 3 is 0.709 bits per heavy atom. The second-order valence-corrected chi connectivity index (χ2v) is 20.5. The highest BCUT2D eigenvalue weighted by atomic mass is 16.6. The zero-order chi connectivity index (χ0) is 57.1. The van der Waals surface area contributed by atoms with Crippen LogP contribution in [0.3, 0.4) is 0 Å². The Balaban J connectivity index is 4.42. The van der Waals surface area contributed by atoms with Crippen molar-refractivity contribution in [3.63, 3.8) is 0 Å². The van der Waals surface area contributed by atoms with Crippen molar-refractivity contribution in [2.45, 2.75) is 271 Å². The summed E-state index contributed by atoms with van der Waals surface area (Å²) in [7, 11) is 0. The maximum atomic E-state index is 12.9. The first-order valence-corrected chi connectivity index (χ1v) is 32.0. The minimum absolute atomic E-state index is 0.104. The van der Waals surface area contributed by atoms with E-state index in [2.05, 4.69) is 179 Å². The first-order valence-electron chi connectivity index (χ1n) is 32.0. The van der Waals surface area contributed by atoms with Gasteiger partial charge in [-0.25, -0.2) is 0 Å². The SMILES string of the molecule is CC/C=C\C/C=C\C/C=C\C/C=C\C/C=C\CCCCCCCCCCCCCC(=O)OCC(COC(=O)CCCCCC/C=C\C/C=C\C/C=C\C/C=C\CC)OC(=O)CCCCCC/C=C\C/C=C\C/C=C\C/C=C\CC. The lowest BCUT2D eigenvalue weighted by atomic mass is 10.0. The molecule has 0 aromatic carbocycles. The van der Waals surface area contributed by atoms with Crippen molar-refractivity contribution in [1.29, 1.82) is 0 Å². The molecule has 0 saturated carbocycles. The monoisotopic (exact) mass is 1090 g/mol. The van der Waals surface area contributed by atoms with Crippen molar-refractivity contribution in [2.75, 3.05) is 13.2 Å². The summed E-state index contributed by atoms with van der Waals surface area (Å²) in [4.78, 5) is 38.3. The van der Waals surface area contributed by atoms with Crippen LogP contribution in [0.5, 0.6) is 0 Å². The van der Waals surface area contributed by atoms with Gasteiger partial charge < -0.3 is 14.2 Å². The summed E-state index contributed by atoms with van der Waals surface area (Å²) in [5.41, 5.74) is 0. The third-order valence-corrected chi connectivity index (χ3v) is 13.0. The number of carbonyl (C=O) groups is 3. The van der Waals surface area contributed by atoms with Crippen LogP contribution in [0, 0.1) is 0 Å². The Bertz CT molecular complexity index is 1780. The van der Waals surface area contributed by atoms with Gasteiger partial charge in [0.1, 0.15) is 13.2 Å². The highest BCUT2D eigenvalue weighted by molar-refractivity contribution is 5.71. The van der Waals surface area contributed by atoms with E-state index < -0.39 is 6.10 Å². The largest absolute Gasteiger partial charge is 0.462 e. The topological polar surface area (TPSA) is 78.9 Å².